The molecular formula is C46H57N5O6S. The molecule has 4 unspecified atom stereocenters. The van der Waals surface area contributed by atoms with Gasteiger partial charge in [0.1, 0.15) is 18.1 Å². The van der Waals surface area contributed by atoms with E-state index < -0.39 is 51.5 Å². The number of piperidine rings is 1. The number of rotatable bonds is 12. The highest BCUT2D eigenvalue weighted by Crippen LogP contribution is 2.63. The third kappa shape index (κ3) is 8.63. The van der Waals surface area contributed by atoms with Crippen molar-refractivity contribution in [3.63, 3.8) is 0 Å². The number of hydrogen-bond acceptors (Lipinski definition) is 7. The SMILES string of the molecule is COC(=O)[C@@H]1CCCC2N1C(=O)[C@@H](NC(=O)[C@H](CCC1(C(=O)N[C@@H]3C(=O)N(c4ccccc4)CCCC3(C)C)CC1c1ccccc1)Cc1ccccc1)CCS2=N. The summed E-state index contributed by atoms with van der Waals surface area (Å²) in [5.74, 6) is -1.64. The third-order valence-corrected chi connectivity index (χ3v) is 14.9. The Kier molecular flexibility index (Phi) is 12.5. The van der Waals surface area contributed by atoms with Gasteiger partial charge < -0.3 is 25.2 Å². The first-order valence-electron chi connectivity index (χ1n) is 20.8. The number of carbonyl (C=O) groups excluding carboxylic acids is 5. The molecule has 3 N–H and O–H groups in total. The maximum Gasteiger partial charge on any atom is 0.328 e. The zero-order valence-corrected chi connectivity index (χ0v) is 34.7. The largest absolute Gasteiger partial charge is 0.467 e. The molecular weight excluding hydrogens is 751 g/mol. The summed E-state index contributed by atoms with van der Waals surface area (Å²) < 4.78 is 14.0. The minimum atomic E-state index is -0.898. The van der Waals surface area contributed by atoms with Gasteiger partial charge in [0, 0.05) is 23.9 Å². The highest BCUT2D eigenvalue weighted by molar-refractivity contribution is 7.86. The van der Waals surface area contributed by atoms with Gasteiger partial charge in [-0.15, -0.1) is 0 Å². The van der Waals surface area contributed by atoms with E-state index in [0.29, 0.717) is 57.2 Å². The van der Waals surface area contributed by atoms with E-state index in [1.54, 1.807) is 9.80 Å². The quantitative estimate of drug-likeness (QED) is 0.184. The van der Waals surface area contributed by atoms with Crippen LogP contribution in [0.1, 0.15) is 88.7 Å². The normalized spacial score (nSPS) is 28.6. The molecule has 7 rings (SSSR count). The van der Waals surface area contributed by atoms with E-state index in [0.717, 1.165) is 36.1 Å². The molecule has 3 aliphatic heterocycles. The van der Waals surface area contributed by atoms with E-state index in [1.807, 2.05) is 91.0 Å². The van der Waals surface area contributed by atoms with Crippen LogP contribution in [0.25, 0.3) is 0 Å². The van der Waals surface area contributed by atoms with Crippen molar-refractivity contribution in [3.05, 3.63) is 102 Å². The fraction of sp³-hybridized carbons (Fsp3) is 0.500. The number of para-hydroxylation sites is 1. The first-order valence-corrected chi connectivity index (χ1v) is 22.3. The molecule has 58 heavy (non-hydrogen) atoms. The van der Waals surface area contributed by atoms with Crippen LogP contribution < -0.4 is 15.5 Å². The molecule has 0 radical (unpaired) electrons. The molecule has 3 saturated heterocycles. The second kappa shape index (κ2) is 17.6. The van der Waals surface area contributed by atoms with Crippen LogP contribution in [-0.2, 0) is 45.8 Å². The van der Waals surface area contributed by atoms with Crippen LogP contribution in [0.2, 0.25) is 0 Å². The summed E-state index contributed by atoms with van der Waals surface area (Å²) >= 11 is 0. The molecule has 3 aromatic carbocycles. The van der Waals surface area contributed by atoms with Gasteiger partial charge in [-0.1, -0.05) is 103 Å². The molecule has 308 valence electrons. The zero-order chi connectivity index (χ0) is 41.0. The number of nitrogens with zero attached hydrogens (tertiary/aromatic N) is 2. The molecule has 0 spiro atoms. The Hall–Kier alpha value is -4.84. The van der Waals surface area contributed by atoms with Gasteiger partial charge >= 0.3 is 5.97 Å². The monoisotopic (exact) mass is 807 g/mol. The summed E-state index contributed by atoms with van der Waals surface area (Å²) in [6, 6.07) is 27.0. The van der Waals surface area contributed by atoms with Gasteiger partial charge in [-0.05, 0) is 98.8 Å². The van der Waals surface area contributed by atoms with Crippen LogP contribution in [-0.4, -0.2) is 77.4 Å². The van der Waals surface area contributed by atoms with E-state index in [-0.39, 0.29) is 34.9 Å². The number of hydrogen-bond donors (Lipinski definition) is 3. The van der Waals surface area contributed by atoms with E-state index in [1.165, 1.54) is 7.11 Å². The summed E-state index contributed by atoms with van der Waals surface area (Å²) in [6.45, 7) is 4.67. The molecule has 1 aliphatic carbocycles. The first kappa shape index (κ1) is 41.3. The summed E-state index contributed by atoms with van der Waals surface area (Å²) in [5.41, 5.74) is 1.48. The lowest BCUT2D eigenvalue weighted by atomic mass is 9.79. The first-order chi connectivity index (χ1) is 27.9. The zero-order valence-electron chi connectivity index (χ0n) is 33.9. The number of nitrogens with one attached hydrogen (secondary N) is 3. The molecule has 8 atom stereocenters. The van der Waals surface area contributed by atoms with Crippen molar-refractivity contribution in [2.45, 2.75) is 107 Å². The number of carbonyl (C=O) groups is 5. The number of benzene rings is 3. The van der Waals surface area contributed by atoms with Gasteiger partial charge in [0.05, 0.1) is 17.9 Å². The van der Waals surface area contributed by atoms with Crippen LogP contribution in [0.4, 0.5) is 5.69 Å². The average molecular weight is 808 g/mol. The van der Waals surface area contributed by atoms with Crippen LogP contribution in [0.3, 0.4) is 0 Å². The Morgan fingerprint density at radius 3 is 2.24 bits per heavy atom. The van der Waals surface area contributed by atoms with Gasteiger partial charge in [0.15, 0.2) is 0 Å². The summed E-state index contributed by atoms with van der Waals surface area (Å²) in [7, 11) is 0.414. The van der Waals surface area contributed by atoms with Crippen molar-refractivity contribution in [2.24, 2.45) is 16.7 Å². The second-order valence-corrected chi connectivity index (χ2v) is 19.0. The molecule has 0 aromatic heterocycles. The lowest BCUT2D eigenvalue weighted by Gasteiger charge is -2.40. The number of methoxy groups -OCH3 is 1. The molecule has 0 bridgehead atoms. The minimum Gasteiger partial charge on any atom is -0.467 e. The average Bonchev–Trinajstić information content (AvgIpc) is 4.02. The molecule has 3 aromatic rings. The van der Waals surface area contributed by atoms with Crippen LogP contribution in [0.15, 0.2) is 91.0 Å². The fourth-order valence-electron chi connectivity index (χ4n) is 9.57. The fourth-order valence-corrected chi connectivity index (χ4v) is 11.3. The van der Waals surface area contributed by atoms with Gasteiger partial charge in [-0.25, -0.2) is 4.79 Å². The maximum atomic E-state index is 14.9. The van der Waals surface area contributed by atoms with Gasteiger partial charge in [0.25, 0.3) is 0 Å². The summed E-state index contributed by atoms with van der Waals surface area (Å²) in [5, 5.41) is 5.99. The number of ether oxygens (including phenoxy) is 1. The van der Waals surface area contributed by atoms with Crippen LogP contribution in [0, 0.1) is 21.5 Å². The lowest BCUT2D eigenvalue weighted by molar-refractivity contribution is -0.156. The van der Waals surface area contributed by atoms with Crippen molar-refractivity contribution in [2.75, 3.05) is 24.3 Å². The minimum absolute atomic E-state index is 0.0898. The summed E-state index contributed by atoms with van der Waals surface area (Å²) in [4.78, 5) is 74.2. The van der Waals surface area contributed by atoms with Crippen molar-refractivity contribution in [1.82, 2.24) is 15.5 Å². The van der Waals surface area contributed by atoms with Gasteiger partial charge in [-0.3, -0.25) is 24.0 Å². The van der Waals surface area contributed by atoms with E-state index >= 15 is 0 Å². The Bertz CT molecular complexity index is 2000. The third-order valence-electron chi connectivity index (χ3n) is 13.1. The van der Waals surface area contributed by atoms with E-state index in [4.69, 9.17) is 9.52 Å². The van der Waals surface area contributed by atoms with Crippen LogP contribution >= 0.6 is 0 Å². The number of anilines is 1. The Morgan fingerprint density at radius 1 is 0.879 bits per heavy atom. The van der Waals surface area contributed by atoms with Gasteiger partial charge in [0.2, 0.25) is 23.6 Å². The van der Waals surface area contributed by atoms with Crippen LogP contribution in [0.5, 0.6) is 0 Å². The number of esters is 1. The maximum absolute atomic E-state index is 14.9. The molecule has 1 saturated carbocycles. The van der Waals surface area contributed by atoms with Crippen molar-refractivity contribution in [3.8, 4) is 0 Å². The predicted molar refractivity (Wildman–Crippen MR) is 225 cm³/mol. The molecule has 4 aliphatic rings. The Labute approximate surface area is 344 Å². The Morgan fingerprint density at radius 2 is 1.55 bits per heavy atom. The van der Waals surface area contributed by atoms with E-state index in [2.05, 4.69) is 24.5 Å². The van der Waals surface area contributed by atoms with Gasteiger partial charge in [-0.2, -0.15) is 0 Å². The Balaban J connectivity index is 1.15. The second-order valence-electron chi connectivity index (χ2n) is 17.2. The predicted octanol–water partition coefficient (Wildman–Crippen LogP) is 6.29. The summed E-state index contributed by atoms with van der Waals surface area (Å²) in [6.07, 6.45) is 5.48. The standard InChI is InChI=1S/C46H57N5O6S/c1-45(2)25-14-27-50(34-19-11-6-12-20-34)42(54)39(45)49-44(56)46(30-35(46)32-17-9-5-10-18-32)26-23-33(29-31-15-7-4-8-16-31)40(52)48-36-24-28-58(47)38-22-13-21-37(43(55)57-3)51(38)41(36)53/h4-12,15-20,33,35-39,47H,13-14,21-30H2,1-3H3,(H,48,52)(H,49,56)/t33-,35?,36+,37+,38?,39-,46?,58?/m1/s1. The highest BCUT2D eigenvalue weighted by Gasteiger charge is 2.61. The van der Waals surface area contributed by atoms with E-state index in [9.17, 15) is 24.0 Å². The molecule has 12 heteroatoms. The highest BCUT2D eigenvalue weighted by atomic mass is 32.2. The molecule has 4 fully saturated rings. The number of fused-ring (bicyclic) bond motifs is 1. The molecule has 3 heterocycles. The van der Waals surface area contributed by atoms with Crippen molar-refractivity contribution >= 4 is 46.0 Å². The van der Waals surface area contributed by atoms with Crippen molar-refractivity contribution < 1.29 is 28.7 Å². The molecule has 11 nitrogen and oxygen atoms in total. The molecule has 4 amide bonds. The van der Waals surface area contributed by atoms with Crippen molar-refractivity contribution in [1.29, 1.82) is 4.78 Å². The lowest BCUT2D eigenvalue weighted by Crippen LogP contribution is -2.59. The number of amides is 4. The smallest absolute Gasteiger partial charge is 0.328 e. The topological polar surface area (TPSA) is 149 Å².